The molecular weight excluding hydrogens is 462 g/mol. The molecule has 2 aromatic heterocycles. The smallest absolute Gasteiger partial charge is 0.255 e. The van der Waals surface area contributed by atoms with Gasteiger partial charge in [0.1, 0.15) is 5.75 Å². The average Bonchev–Trinajstić information content (AvgIpc) is 2.72. The maximum Gasteiger partial charge on any atom is 0.255 e. The zero-order valence-corrected chi connectivity index (χ0v) is 20.6. The van der Waals surface area contributed by atoms with Gasteiger partial charge in [-0.05, 0) is 53.5 Å². The number of hydrogen-bond acceptors (Lipinski definition) is 5. The molecule has 0 fully saturated rings. The van der Waals surface area contributed by atoms with Gasteiger partial charge in [0, 0.05) is 22.9 Å². The second kappa shape index (κ2) is 9.41. The highest BCUT2D eigenvalue weighted by Crippen LogP contribution is 2.38. The predicted octanol–water partition coefficient (Wildman–Crippen LogP) is 4.94. The van der Waals surface area contributed by atoms with Crippen molar-refractivity contribution in [2.45, 2.75) is 26.2 Å². The van der Waals surface area contributed by atoms with E-state index in [2.05, 4.69) is 35.5 Å². The normalized spacial score (nSPS) is 12.2. The van der Waals surface area contributed by atoms with Gasteiger partial charge in [-0.15, -0.1) is 0 Å². The number of pyridine rings is 2. The van der Waals surface area contributed by atoms with E-state index < -0.39 is 10.0 Å². The number of nitrogens with zero attached hydrogens (tertiary/aromatic N) is 1. The molecule has 9 heteroatoms. The molecule has 0 aliphatic carbocycles. The number of aromatic amines is 1. The van der Waals surface area contributed by atoms with Crippen molar-refractivity contribution in [3.8, 4) is 16.9 Å². The van der Waals surface area contributed by atoms with Gasteiger partial charge in [-0.2, -0.15) is 0 Å². The Kier molecular flexibility index (Phi) is 7.00. The molecular formula is C24H26ClN3O4S. The van der Waals surface area contributed by atoms with Crippen LogP contribution in [0.25, 0.3) is 23.3 Å². The highest BCUT2D eigenvalue weighted by molar-refractivity contribution is 7.92. The van der Waals surface area contributed by atoms with Crippen molar-refractivity contribution in [1.29, 1.82) is 0 Å². The summed E-state index contributed by atoms with van der Waals surface area (Å²) in [6.45, 7) is 6.21. The molecule has 7 nitrogen and oxygen atoms in total. The number of halogens is 1. The molecule has 0 radical (unpaired) electrons. The number of aromatic nitrogens is 2. The summed E-state index contributed by atoms with van der Waals surface area (Å²) in [7, 11) is -1.76. The van der Waals surface area contributed by atoms with Gasteiger partial charge < -0.3 is 9.72 Å². The quantitative estimate of drug-likeness (QED) is 0.513. The second-order valence-electron chi connectivity index (χ2n) is 8.64. The molecule has 0 amide bonds. The van der Waals surface area contributed by atoms with E-state index in [0.717, 1.165) is 17.4 Å². The Morgan fingerprint density at radius 2 is 1.88 bits per heavy atom. The number of methoxy groups -OCH3 is 1. The number of sulfonamides is 1. The minimum atomic E-state index is -3.37. The first kappa shape index (κ1) is 24.5. The van der Waals surface area contributed by atoms with Crippen LogP contribution in [0.1, 0.15) is 37.6 Å². The van der Waals surface area contributed by atoms with E-state index in [9.17, 15) is 13.2 Å². The van der Waals surface area contributed by atoms with Crippen molar-refractivity contribution in [3.05, 3.63) is 74.9 Å². The second-order valence-corrected chi connectivity index (χ2v) is 10.8. The number of ether oxygens (including phenoxy) is 1. The van der Waals surface area contributed by atoms with Gasteiger partial charge in [0.05, 0.1) is 36.0 Å². The Labute approximate surface area is 198 Å². The van der Waals surface area contributed by atoms with Crippen LogP contribution in [0.4, 0.5) is 5.69 Å². The monoisotopic (exact) mass is 487 g/mol. The van der Waals surface area contributed by atoms with Gasteiger partial charge in [-0.1, -0.05) is 32.4 Å². The van der Waals surface area contributed by atoms with Crippen LogP contribution in [-0.2, 0) is 15.4 Å². The molecule has 0 spiro atoms. The van der Waals surface area contributed by atoms with Crippen molar-refractivity contribution in [2.24, 2.45) is 0 Å². The first-order valence-electron chi connectivity index (χ1n) is 10.1. The summed E-state index contributed by atoms with van der Waals surface area (Å²) in [6.07, 6.45) is 7.62. The number of H-pyrrole nitrogens is 1. The zero-order valence-electron chi connectivity index (χ0n) is 19.1. The van der Waals surface area contributed by atoms with E-state index in [-0.39, 0.29) is 11.0 Å². The molecule has 33 heavy (non-hydrogen) atoms. The molecule has 1 aromatic carbocycles. The third-order valence-corrected chi connectivity index (χ3v) is 5.66. The molecule has 0 atom stereocenters. The molecule has 3 aromatic rings. The van der Waals surface area contributed by atoms with Crippen LogP contribution in [-0.4, -0.2) is 31.8 Å². The summed E-state index contributed by atoms with van der Waals surface area (Å²) in [5.74, 6) is 0.691. The van der Waals surface area contributed by atoms with Crippen molar-refractivity contribution in [1.82, 2.24) is 9.97 Å². The first-order chi connectivity index (χ1) is 15.4. The van der Waals surface area contributed by atoms with Crippen molar-refractivity contribution in [3.63, 3.8) is 0 Å². The maximum atomic E-state index is 12.5. The van der Waals surface area contributed by atoms with Gasteiger partial charge in [0.25, 0.3) is 5.56 Å². The summed E-state index contributed by atoms with van der Waals surface area (Å²) >= 11 is 6.13. The number of anilines is 1. The van der Waals surface area contributed by atoms with Crippen LogP contribution in [0.15, 0.2) is 47.5 Å². The average molecular weight is 488 g/mol. The third-order valence-electron chi connectivity index (χ3n) is 4.83. The fourth-order valence-corrected chi connectivity index (χ4v) is 4.05. The highest BCUT2D eigenvalue weighted by Gasteiger charge is 2.23. The summed E-state index contributed by atoms with van der Waals surface area (Å²) in [4.78, 5) is 19.4. The number of hydrogen-bond donors (Lipinski definition) is 2. The van der Waals surface area contributed by atoms with Crippen LogP contribution in [0.3, 0.4) is 0 Å². The standard InChI is InChI=1S/C24H26ClN3O4S/c1-24(2,3)21-11-16(20-12-17(25)13-27-23(20)29)10-15(22(21)32-4)6-7-18-8-9-19(14-26-18)28-33(5,30)31/h6-14,28H,1-5H3,(H,27,29)/b7-6+. The minimum absolute atomic E-state index is 0.241. The van der Waals surface area contributed by atoms with Crippen molar-refractivity contribution < 1.29 is 13.2 Å². The van der Waals surface area contributed by atoms with Crippen molar-refractivity contribution >= 4 is 39.5 Å². The SMILES string of the molecule is COc1c(/C=C/c2ccc(NS(C)(=O)=O)cn2)cc(-c2cc(Cl)c[nH]c2=O)cc1C(C)(C)C. The lowest BCUT2D eigenvalue weighted by Crippen LogP contribution is -2.15. The van der Waals surface area contributed by atoms with Gasteiger partial charge in [0.15, 0.2) is 0 Å². The summed E-state index contributed by atoms with van der Waals surface area (Å²) in [5, 5.41) is 0.432. The first-order valence-corrected chi connectivity index (χ1v) is 12.4. The van der Waals surface area contributed by atoms with Crippen LogP contribution in [0, 0.1) is 0 Å². The largest absolute Gasteiger partial charge is 0.496 e. The Morgan fingerprint density at radius 1 is 1.15 bits per heavy atom. The highest BCUT2D eigenvalue weighted by atomic mass is 35.5. The third kappa shape index (κ3) is 6.24. The van der Waals surface area contributed by atoms with Crippen LogP contribution < -0.4 is 15.0 Å². The fraction of sp³-hybridized carbons (Fsp3) is 0.250. The number of rotatable bonds is 6. The Morgan fingerprint density at radius 3 is 2.45 bits per heavy atom. The number of benzene rings is 1. The molecule has 3 rings (SSSR count). The summed E-state index contributed by atoms with van der Waals surface area (Å²) in [5.41, 5.74) is 3.37. The summed E-state index contributed by atoms with van der Waals surface area (Å²) in [6, 6.07) is 8.78. The molecule has 0 unspecified atom stereocenters. The molecule has 0 aliphatic heterocycles. The maximum absolute atomic E-state index is 12.5. The van der Waals surface area contributed by atoms with E-state index in [1.54, 1.807) is 31.4 Å². The lowest BCUT2D eigenvalue weighted by molar-refractivity contribution is 0.397. The van der Waals surface area contributed by atoms with Gasteiger partial charge in [0.2, 0.25) is 10.0 Å². The lowest BCUT2D eigenvalue weighted by Gasteiger charge is -2.24. The van der Waals surface area contributed by atoms with Gasteiger partial charge in [-0.25, -0.2) is 8.42 Å². The predicted molar refractivity (Wildman–Crippen MR) is 134 cm³/mol. The van der Waals surface area contributed by atoms with Crippen LogP contribution in [0.5, 0.6) is 5.75 Å². The molecule has 0 saturated carbocycles. The van der Waals surface area contributed by atoms with Crippen LogP contribution in [0.2, 0.25) is 5.02 Å². The number of nitrogens with one attached hydrogen (secondary N) is 2. The Bertz CT molecular complexity index is 1360. The molecule has 0 aliphatic rings. The summed E-state index contributed by atoms with van der Waals surface area (Å²) < 4.78 is 30.9. The van der Waals surface area contributed by atoms with Crippen molar-refractivity contribution in [2.75, 3.05) is 18.1 Å². The molecule has 0 saturated heterocycles. The molecule has 2 N–H and O–H groups in total. The molecule has 0 bridgehead atoms. The minimum Gasteiger partial charge on any atom is -0.496 e. The van der Waals surface area contributed by atoms with E-state index in [1.807, 2.05) is 18.2 Å². The van der Waals surface area contributed by atoms with E-state index in [1.165, 1.54) is 12.4 Å². The Hall–Kier alpha value is -3.10. The van der Waals surface area contributed by atoms with E-state index >= 15 is 0 Å². The van der Waals surface area contributed by atoms with Gasteiger partial charge in [-0.3, -0.25) is 14.5 Å². The topological polar surface area (TPSA) is 101 Å². The van der Waals surface area contributed by atoms with E-state index in [4.69, 9.17) is 16.3 Å². The fourth-order valence-electron chi connectivity index (χ4n) is 3.34. The van der Waals surface area contributed by atoms with Gasteiger partial charge >= 0.3 is 0 Å². The molecule has 2 heterocycles. The molecule has 174 valence electrons. The van der Waals surface area contributed by atoms with Crippen LogP contribution >= 0.6 is 11.6 Å². The Balaban J connectivity index is 2.10. The lowest BCUT2D eigenvalue weighted by atomic mass is 9.83. The van der Waals surface area contributed by atoms with E-state index in [0.29, 0.717) is 33.3 Å². The zero-order chi connectivity index (χ0) is 24.4.